The van der Waals surface area contributed by atoms with E-state index in [2.05, 4.69) is 13.8 Å². The van der Waals surface area contributed by atoms with Gasteiger partial charge in [0.15, 0.2) is 5.78 Å². The van der Waals surface area contributed by atoms with Crippen LogP contribution in [0.4, 0.5) is 0 Å². The molecule has 0 aliphatic rings. The lowest BCUT2D eigenvalue weighted by atomic mass is 9.92. The van der Waals surface area contributed by atoms with Crippen molar-refractivity contribution in [3.63, 3.8) is 0 Å². The molecule has 0 heterocycles. The molecule has 82 valence electrons. The van der Waals surface area contributed by atoms with Crippen LogP contribution in [0.5, 0.6) is 0 Å². The Morgan fingerprint density at radius 2 is 1.67 bits per heavy atom. The number of carbonyl (C=O) groups excluding carboxylic acids is 1. The van der Waals surface area contributed by atoms with Crippen LogP contribution in [0.15, 0.2) is 24.3 Å². The van der Waals surface area contributed by atoms with E-state index < -0.39 is 5.54 Å². The Balaban J connectivity index is 2.95. The first-order valence-corrected chi connectivity index (χ1v) is 5.26. The maximum atomic E-state index is 11.8. The number of carbonyl (C=O) groups is 1. The van der Waals surface area contributed by atoms with Crippen molar-refractivity contribution in [3.05, 3.63) is 35.4 Å². The highest BCUT2D eigenvalue weighted by molar-refractivity contribution is 6.02. The highest BCUT2D eigenvalue weighted by Gasteiger charge is 2.23. The van der Waals surface area contributed by atoms with E-state index in [-0.39, 0.29) is 5.78 Å². The van der Waals surface area contributed by atoms with Crippen molar-refractivity contribution in [2.45, 2.75) is 39.2 Å². The molecule has 0 bridgehead atoms. The molecule has 0 amide bonds. The van der Waals surface area contributed by atoms with Gasteiger partial charge in [-0.1, -0.05) is 38.1 Å². The third-order valence-corrected chi connectivity index (χ3v) is 2.42. The zero-order chi connectivity index (χ0) is 11.6. The van der Waals surface area contributed by atoms with E-state index in [1.54, 1.807) is 13.8 Å². The van der Waals surface area contributed by atoms with Gasteiger partial charge in [0.05, 0.1) is 5.54 Å². The van der Waals surface area contributed by atoms with Gasteiger partial charge < -0.3 is 5.73 Å². The maximum Gasteiger partial charge on any atom is 0.182 e. The molecule has 2 heteroatoms. The SMILES string of the molecule is CC(C)c1ccc(C(=O)C(C)(C)N)cc1. The molecule has 0 saturated heterocycles. The first-order chi connectivity index (χ1) is 6.82. The Morgan fingerprint density at radius 3 is 2.00 bits per heavy atom. The number of hydrogen-bond acceptors (Lipinski definition) is 2. The molecule has 0 radical (unpaired) electrons. The molecule has 0 spiro atoms. The molecule has 15 heavy (non-hydrogen) atoms. The van der Waals surface area contributed by atoms with Crippen molar-refractivity contribution in [2.75, 3.05) is 0 Å². The highest BCUT2D eigenvalue weighted by Crippen LogP contribution is 2.17. The van der Waals surface area contributed by atoms with Crippen molar-refractivity contribution >= 4 is 5.78 Å². The standard InChI is InChI=1S/C13H19NO/c1-9(2)10-5-7-11(8-6-10)12(15)13(3,4)14/h5-9H,14H2,1-4H3. The highest BCUT2D eigenvalue weighted by atomic mass is 16.1. The first-order valence-electron chi connectivity index (χ1n) is 5.26. The minimum absolute atomic E-state index is 0.0159. The molecule has 1 aromatic rings. The van der Waals surface area contributed by atoms with Crippen LogP contribution in [-0.4, -0.2) is 11.3 Å². The Labute approximate surface area is 91.5 Å². The van der Waals surface area contributed by atoms with Gasteiger partial charge in [-0.25, -0.2) is 0 Å². The lowest BCUT2D eigenvalue weighted by Crippen LogP contribution is -2.41. The summed E-state index contributed by atoms with van der Waals surface area (Å²) < 4.78 is 0. The Morgan fingerprint density at radius 1 is 1.20 bits per heavy atom. The van der Waals surface area contributed by atoms with Gasteiger partial charge in [-0.3, -0.25) is 4.79 Å². The number of rotatable bonds is 3. The van der Waals surface area contributed by atoms with E-state index in [0.717, 1.165) is 0 Å². The van der Waals surface area contributed by atoms with E-state index in [1.807, 2.05) is 24.3 Å². The number of nitrogens with two attached hydrogens (primary N) is 1. The van der Waals surface area contributed by atoms with Crippen LogP contribution < -0.4 is 5.73 Å². The topological polar surface area (TPSA) is 43.1 Å². The minimum atomic E-state index is -0.792. The monoisotopic (exact) mass is 205 g/mol. The van der Waals surface area contributed by atoms with E-state index in [4.69, 9.17) is 5.73 Å². The number of hydrogen-bond donors (Lipinski definition) is 1. The Bertz CT molecular complexity index is 344. The van der Waals surface area contributed by atoms with Gasteiger partial charge in [-0.05, 0) is 25.3 Å². The average Bonchev–Trinajstić information content (AvgIpc) is 2.15. The van der Waals surface area contributed by atoms with Gasteiger partial charge in [0, 0.05) is 5.56 Å². The summed E-state index contributed by atoms with van der Waals surface area (Å²) in [6.07, 6.45) is 0. The fraction of sp³-hybridized carbons (Fsp3) is 0.462. The lowest BCUT2D eigenvalue weighted by molar-refractivity contribution is 0.0913. The molecule has 0 aliphatic heterocycles. The summed E-state index contributed by atoms with van der Waals surface area (Å²) in [6, 6.07) is 7.69. The Kier molecular flexibility index (Phi) is 3.30. The molecular weight excluding hydrogens is 186 g/mol. The summed E-state index contributed by atoms with van der Waals surface area (Å²) in [5, 5.41) is 0. The van der Waals surface area contributed by atoms with Crippen LogP contribution in [0.3, 0.4) is 0 Å². The quantitative estimate of drug-likeness (QED) is 0.771. The molecule has 0 unspecified atom stereocenters. The van der Waals surface area contributed by atoms with Crippen molar-refractivity contribution in [1.82, 2.24) is 0 Å². The molecule has 1 rings (SSSR count). The summed E-state index contributed by atoms with van der Waals surface area (Å²) in [4.78, 5) is 11.8. The van der Waals surface area contributed by atoms with Gasteiger partial charge in [0.1, 0.15) is 0 Å². The van der Waals surface area contributed by atoms with Crippen molar-refractivity contribution < 1.29 is 4.79 Å². The molecule has 2 N–H and O–H groups in total. The van der Waals surface area contributed by atoms with E-state index in [0.29, 0.717) is 11.5 Å². The average molecular weight is 205 g/mol. The van der Waals surface area contributed by atoms with Crippen LogP contribution in [0, 0.1) is 0 Å². The summed E-state index contributed by atoms with van der Waals surface area (Å²) in [5.41, 5.74) is 6.89. The number of ketones is 1. The predicted octanol–water partition coefficient (Wildman–Crippen LogP) is 2.73. The van der Waals surface area contributed by atoms with E-state index in [1.165, 1.54) is 5.56 Å². The van der Waals surface area contributed by atoms with Gasteiger partial charge in [-0.15, -0.1) is 0 Å². The van der Waals surface area contributed by atoms with Crippen LogP contribution in [0.25, 0.3) is 0 Å². The third kappa shape index (κ3) is 2.90. The van der Waals surface area contributed by atoms with Gasteiger partial charge in [-0.2, -0.15) is 0 Å². The van der Waals surface area contributed by atoms with Crippen LogP contribution in [0.2, 0.25) is 0 Å². The normalized spacial score (nSPS) is 11.9. The zero-order valence-corrected chi connectivity index (χ0v) is 9.87. The van der Waals surface area contributed by atoms with Crippen molar-refractivity contribution in [1.29, 1.82) is 0 Å². The van der Waals surface area contributed by atoms with Gasteiger partial charge >= 0.3 is 0 Å². The second-order valence-corrected chi connectivity index (χ2v) is 4.83. The third-order valence-electron chi connectivity index (χ3n) is 2.42. The molecule has 0 atom stereocenters. The molecule has 2 nitrogen and oxygen atoms in total. The smallest absolute Gasteiger partial charge is 0.182 e. The summed E-state index contributed by atoms with van der Waals surface area (Å²) in [7, 11) is 0. The summed E-state index contributed by atoms with van der Waals surface area (Å²) in [5.74, 6) is 0.470. The summed E-state index contributed by atoms with van der Waals surface area (Å²) >= 11 is 0. The van der Waals surface area contributed by atoms with E-state index >= 15 is 0 Å². The second kappa shape index (κ2) is 4.15. The molecular formula is C13H19NO. The van der Waals surface area contributed by atoms with Crippen molar-refractivity contribution in [2.24, 2.45) is 5.73 Å². The summed E-state index contributed by atoms with van der Waals surface area (Å²) in [6.45, 7) is 7.71. The fourth-order valence-electron chi connectivity index (χ4n) is 1.39. The maximum absolute atomic E-state index is 11.8. The molecule has 0 aliphatic carbocycles. The zero-order valence-electron chi connectivity index (χ0n) is 9.87. The van der Waals surface area contributed by atoms with Crippen LogP contribution >= 0.6 is 0 Å². The van der Waals surface area contributed by atoms with Crippen LogP contribution in [0.1, 0.15) is 49.5 Å². The molecule has 1 aromatic carbocycles. The van der Waals surface area contributed by atoms with Crippen LogP contribution in [-0.2, 0) is 0 Å². The van der Waals surface area contributed by atoms with E-state index in [9.17, 15) is 4.79 Å². The van der Waals surface area contributed by atoms with Gasteiger partial charge in [0.25, 0.3) is 0 Å². The molecule has 0 saturated carbocycles. The van der Waals surface area contributed by atoms with Gasteiger partial charge in [0.2, 0.25) is 0 Å². The molecule has 0 fully saturated rings. The lowest BCUT2D eigenvalue weighted by Gasteiger charge is -2.17. The number of Topliss-reactive ketones (excluding diaryl/α,β-unsaturated/α-hetero) is 1. The fourth-order valence-corrected chi connectivity index (χ4v) is 1.39. The predicted molar refractivity (Wildman–Crippen MR) is 63.1 cm³/mol. The number of benzene rings is 1. The largest absolute Gasteiger partial charge is 0.319 e. The Hall–Kier alpha value is -1.15. The molecule has 0 aromatic heterocycles. The van der Waals surface area contributed by atoms with Crippen molar-refractivity contribution in [3.8, 4) is 0 Å². The second-order valence-electron chi connectivity index (χ2n) is 4.83. The first kappa shape index (κ1) is 11.9. The minimum Gasteiger partial charge on any atom is -0.319 e.